The molecule has 0 aromatic carbocycles. The fraction of sp³-hybridized carbons (Fsp3) is 0.455. The lowest BCUT2D eigenvalue weighted by Crippen LogP contribution is -2.30. The Morgan fingerprint density at radius 3 is 2.93 bits per heavy atom. The molecular weight excluding hydrogens is 196 g/mol. The van der Waals surface area contributed by atoms with E-state index in [0.717, 1.165) is 13.2 Å². The predicted molar refractivity (Wildman–Crippen MR) is 62.2 cm³/mol. The van der Waals surface area contributed by atoms with Gasteiger partial charge >= 0.3 is 0 Å². The number of rotatable bonds is 3. The highest BCUT2D eigenvalue weighted by Crippen LogP contribution is 2.14. The zero-order valence-electron chi connectivity index (χ0n) is 8.28. The van der Waals surface area contributed by atoms with Crippen LogP contribution in [0.1, 0.15) is 19.3 Å². The van der Waals surface area contributed by atoms with Gasteiger partial charge in [-0.05, 0) is 25.3 Å². The molecule has 1 aliphatic carbocycles. The van der Waals surface area contributed by atoms with Gasteiger partial charge in [-0.25, -0.2) is 0 Å². The van der Waals surface area contributed by atoms with E-state index >= 15 is 0 Å². The second-order valence-corrected chi connectivity index (χ2v) is 3.50. The molecule has 0 aromatic heterocycles. The maximum absolute atomic E-state index is 3.45. The summed E-state index contributed by atoms with van der Waals surface area (Å²) in [6.45, 7) is 1.96. The number of nitrogens with one attached hydrogen (secondary N) is 1. The molecule has 2 aliphatic rings. The molecule has 0 saturated heterocycles. The smallest absolute Gasteiger partial charge is 0.0871 e. The molecule has 2 rings (SSSR count). The number of allylic oxidation sites excluding steroid dienone is 4. The highest BCUT2D eigenvalue weighted by Gasteiger charge is 2.04. The van der Waals surface area contributed by atoms with Gasteiger partial charge in [0.2, 0.25) is 0 Å². The van der Waals surface area contributed by atoms with Crippen molar-refractivity contribution < 1.29 is 0 Å². The summed E-state index contributed by atoms with van der Waals surface area (Å²) in [6, 6.07) is 0. The molecule has 0 bridgehead atoms. The first kappa shape index (κ1) is 11.2. The van der Waals surface area contributed by atoms with Crippen LogP contribution >= 0.6 is 12.4 Å². The molecule has 0 fully saturated rings. The summed E-state index contributed by atoms with van der Waals surface area (Å²) >= 11 is 0. The van der Waals surface area contributed by atoms with Crippen molar-refractivity contribution in [2.45, 2.75) is 19.3 Å². The Morgan fingerprint density at radius 2 is 2.29 bits per heavy atom. The highest BCUT2D eigenvalue weighted by molar-refractivity contribution is 5.85. The van der Waals surface area contributed by atoms with E-state index in [0.29, 0.717) is 0 Å². The standard InChI is InChI=1S/C11H16N2.ClH/c1-4-8-13(9-5-1)10-12-11-6-2-3-7-11;/h1,4-6,8,12H,2-3,7,9-10H2;1H. The third-order valence-corrected chi connectivity index (χ3v) is 2.43. The Hall–Kier alpha value is -0.890. The van der Waals surface area contributed by atoms with Gasteiger partial charge in [0.25, 0.3) is 0 Å². The average Bonchev–Trinajstić information content (AvgIpc) is 2.69. The van der Waals surface area contributed by atoms with E-state index in [1.807, 2.05) is 0 Å². The second-order valence-electron chi connectivity index (χ2n) is 3.50. The maximum atomic E-state index is 3.45. The molecule has 0 radical (unpaired) electrons. The molecule has 0 spiro atoms. The third kappa shape index (κ3) is 3.11. The average molecular weight is 213 g/mol. The number of halogens is 1. The van der Waals surface area contributed by atoms with E-state index in [1.54, 1.807) is 0 Å². The first-order valence-corrected chi connectivity index (χ1v) is 4.95. The molecule has 0 unspecified atom stereocenters. The highest BCUT2D eigenvalue weighted by atomic mass is 35.5. The summed E-state index contributed by atoms with van der Waals surface area (Å²) < 4.78 is 0. The van der Waals surface area contributed by atoms with Crippen molar-refractivity contribution in [1.29, 1.82) is 0 Å². The van der Waals surface area contributed by atoms with Crippen LogP contribution in [-0.2, 0) is 0 Å². The van der Waals surface area contributed by atoms with Crippen LogP contribution in [0.3, 0.4) is 0 Å². The van der Waals surface area contributed by atoms with E-state index in [2.05, 4.69) is 40.7 Å². The fourth-order valence-electron chi connectivity index (χ4n) is 1.66. The van der Waals surface area contributed by atoms with Crippen LogP contribution in [-0.4, -0.2) is 18.1 Å². The van der Waals surface area contributed by atoms with Crippen molar-refractivity contribution in [3.63, 3.8) is 0 Å². The van der Waals surface area contributed by atoms with Gasteiger partial charge in [0, 0.05) is 18.4 Å². The van der Waals surface area contributed by atoms with Crippen molar-refractivity contribution in [3.8, 4) is 0 Å². The largest absolute Gasteiger partial charge is 0.371 e. The Labute approximate surface area is 91.8 Å². The Morgan fingerprint density at radius 1 is 1.36 bits per heavy atom. The normalized spacial score (nSPS) is 19.1. The summed E-state index contributed by atoms with van der Waals surface area (Å²) in [7, 11) is 0. The van der Waals surface area contributed by atoms with Crippen LogP contribution < -0.4 is 5.32 Å². The lowest BCUT2D eigenvalue weighted by Gasteiger charge is -2.21. The molecule has 0 amide bonds. The molecule has 1 aliphatic heterocycles. The number of hydrogen-bond donors (Lipinski definition) is 1. The number of hydrogen-bond acceptors (Lipinski definition) is 2. The predicted octanol–water partition coefficient (Wildman–Crippen LogP) is 2.41. The first-order valence-electron chi connectivity index (χ1n) is 4.95. The van der Waals surface area contributed by atoms with E-state index < -0.39 is 0 Å². The van der Waals surface area contributed by atoms with Crippen molar-refractivity contribution in [2.75, 3.05) is 13.2 Å². The van der Waals surface area contributed by atoms with Gasteiger partial charge in [-0.15, -0.1) is 12.4 Å². The quantitative estimate of drug-likeness (QED) is 0.773. The van der Waals surface area contributed by atoms with Crippen LogP contribution in [0.2, 0.25) is 0 Å². The maximum Gasteiger partial charge on any atom is 0.0871 e. The van der Waals surface area contributed by atoms with Gasteiger partial charge in [-0.2, -0.15) is 0 Å². The molecule has 3 heteroatoms. The minimum Gasteiger partial charge on any atom is -0.371 e. The number of nitrogens with zero attached hydrogens (tertiary/aromatic N) is 1. The summed E-state index contributed by atoms with van der Waals surface area (Å²) in [5, 5.41) is 3.45. The summed E-state index contributed by atoms with van der Waals surface area (Å²) in [6.07, 6.45) is 14.6. The van der Waals surface area contributed by atoms with Crippen LogP contribution in [0.5, 0.6) is 0 Å². The Kier molecular flexibility index (Phi) is 4.60. The van der Waals surface area contributed by atoms with Gasteiger partial charge in [-0.3, -0.25) is 0 Å². The zero-order chi connectivity index (χ0) is 8.93. The molecule has 0 saturated carbocycles. The van der Waals surface area contributed by atoms with Crippen molar-refractivity contribution in [3.05, 3.63) is 36.2 Å². The Balaban J connectivity index is 0.000000980. The van der Waals surface area contributed by atoms with Gasteiger partial charge in [-0.1, -0.05) is 18.2 Å². The molecule has 1 heterocycles. The van der Waals surface area contributed by atoms with Crippen molar-refractivity contribution >= 4 is 12.4 Å². The Bertz CT molecular complexity index is 256. The van der Waals surface area contributed by atoms with Gasteiger partial charge in [0.15, 0.2) is 0 Å². The van der Waals surface area contributed by atoms with E-state index in [9.17, 15) is 0 Å². The second kappa shape index (κ2) is 5.76. The third-order valence-electron chi connectivity index (χ3n) is 2.43. The summed E-state index contributed by atoms with van der Waals surface area (Å²) in [5.74, 6) is 0. The van der Waals surface area contributed by atoms with Crippen LogP contribution in [0.4, 0.5) is 0 Å². The van der Waals surface area contributed by atoms with Gasteiger partial charge < -0.3 is 10.2 Å². The van der Waals surface area contributed by atoms with Crippen molar-refractivity contribution in [1.82, 2.24) is 10.2 Å². The topological polar surface area (TPSA) is 15.3 Å². The first-order chi connectivity index (χ1) is 6.45. The minimum absolute atomic E-state index is 0. The van der Waals surface area contributed by atoms with Crippen LogP contribution in [0.15, 0.2) is 36.2 Å². The lowest BCUT2D eigenvalue weighted by molar-refractivity contribution is 0.388. The molecule has 2 nitrogen and oxygen atoms in total. The van der Waals surface area contributed by atoms with E-state index in [4.69, 9.17) is 0 Å². The SMILES string of the molecule is C1=CCN(CNC2=CCCC2)C=C1.Cl. The fourth-order valence-corrected chi connectivity index (χ4v) is 1.66. The molecule has 78 valence electrons. The van der Waals surface area contributed by atoms with Gasteiger partial charge in [0.1, 0.15) is 0 Å². The lowest BCUT2D eigenvalue weighted by atomic mass is 10.3. The molecule has 0 aromatic rings. The monoisotopic (exact) mass is 212 g/mol. The van der Waals surface area contributed by atoms with E-state index in [-0.39, 0.29) is 12.4 Å². The van der Waals surface area contributed by atoms with Crippen LogP contribution in [0.25, 0.3) is 0 Å². The molecular formula is C11H17ClN2. The van der Waals surface area contributed by atoms with Gasteiger partial charge in [0.05, 0.1) is 6.67 Å². The van der Waals surface area contributed by atoms with E-state index in [1.165, 1.54) is 25.0 Å². The van der Waals surface area contributed by atoms with Crippen molar-refractivity contribution in [2.24, 2.45) is 0 Å². The minimum atomic E-state index is 0. The summed E-state index contributed by atoms with van der Waals surface area (Å²) in [5.41, 5.74) is 1.42. The summed E-state index contributed by atoms with van der Waals surface area (Å²) in [4.78, 5) is 2.26. The van der Waals surface area contributed by atoms with Crippen LogP contribution in [0, 0.1) is 0 Å². The zero-order valence-corrected chi connectivity index (χ0v) is 9.09. The molecule has 14 heavy (non-hydrogen) atoms. The molecule has 0 atom stereocenters. The molecule has 1 N–H and O–H groups in total.